The molecule has 0 bridgehead atoms. The molecule has 0 amide bonds. The van der Waals surface area contributed by atoms with Crippen molar-refractivity contribution in [2.24, 2.45) is 0 Å². The van der Waals surface area contributed by atoms with Crippen LogP contribution in [0.15, 0.2) is 0 Å². The molecule has 0 aromatic carbocycles. The number of aliphatic hydroxyl groups excluding tert-OH is 3. The van der Waals surface area contributed by atoms with Gasteiger partial charge in [0, 0.05) is 19.8 Å². The molecule has 0 aliphatic carbocycles. The van der Waals surface area contributed by atoms with Crippen LogP contribution in [0.25, 0.3) is 0 Å². The largest absolute Gasteiger partial charge is 0.466 e. The molecular weight excluding hydrogens is 791 g/mol. The maximum atomic E-state index is 8.88. The molecule has 0 unspecified atom stereocenters. The number of aliphatic hydroxyl groups is 3. The zero-order chi connectivity index (χ0) is 44.4. The molecule has 362 valence electrons. The molecule has 0 heterocycles. The van der Waals surface area contributed by atoms with Gasteiger partial charge >= 0.3 is 7.82 Å². The van der Waals surface area contributed by atoms with Gasteiger partial charge in [-0.1, -0.05) is 117 Å². The summed E-state index contributed by atoms with van der Waals surface area (Å²) >= 11 is 0. The average Bonchev–Trinajstić information content (AvgIpc) is 3.21. The van der Waals surface area contributed by atoms with Crippen molar-refractivity contribution in [2.75, 3.05) is 139 Å². The van der Waals surface area contributed by atoms with Crippen molar-refractivity contribution in [1.82, 2.24) is 0 Å². The van der Waals surface area contributed by atoms with E-state index < -0.39 is 7.82 Å². The van der Waals surface area contributed by atoms with Crippen LogP contribution in [0.2, 0.25) is 0 Å². The molecule has 0 aromatic heterocycles. The number of ether oxygens (including phenoxy) is 9. The Morgan fingerprint density at radius 1 is 0.271 bits per heavy atom. The molecule has 16 nitrogen and oxygen atoms in total. The van der Waals surface area contributed by atoms with Gasteiger partial charge in [0.25, 0.3) is 0 Å². The first kappa shape index (κ1) is 65.2. The van der Waals surface area contributed by atoms with E-state index in [0.717, 1.165) is 39.1 Å². The van der Waals surface area contributed by atoms with Crippen molar-refractivity contribution in [3.63, 3.8) is 0 Å². The number of phosphoric acid groups is 1. The fourth-order valence-corrected chi connectivity index (χ4v) is 4.77. The van der Waals surface area contributed by atoms with Crippen molar-refractivity contribution in [3.8, 4) is 0 Å². The summed E-state index contributed by atoms with van der Waals surface area (Å²) in [5.41, 5.74) is 0. The topological polar surface area (TPSA) is 222 Å². The first-order chi connectivity index (χ1) is 28.7. The Balaban J connectivity index is -0.000000362. The highest BCUT2D eigenvalue weighted by Gasteiger charge is 2.00. The van der Waals surface area contributed by atoms with Gasteiger partial charge in [0.05, 0.1) is 119 Å². The van der Waals surface area contributed by atoms with E-state index in [1.807, 2.05) is 0 Å². The smallest absolute Gasteiger partial charge is 0.394 e. The molecule has 0 aliphatic heterocycles. The molecule has 0 atom stereocenters. The van der Waals surface area contributed by atoms with E-state index in [-0.39, 0.29) is 19.8 Å². The highest BCUT2D eigenvalue weighted by molar-refractivity contribution is 7.45. The van der Waals surface area contributed by atoms with Crippen LogP contribution in [0.3, 0.4) is 0 Å². The molecule has 0 saturated carbocycles. The summed E-state index contributed by atoms with van der Waals surface area (Å²) < 4.78 is 56.4. The Labute approximate surface area is 359 Å². The minimum Gasteiger partial charge on any atom is -0.394 e. The fraction of sp³-hybridized carbons (Fsp3) is 1.00. The molecule has 0 rings (SSSR count). The predicted molar refractivity (Wildman–Crippen MR) is 233 cm³/mol. The van der Waals surface area contributed by atoms with E-state index in [4.69, 9.17) is 77.2 Å². The molecular formula is C42H93O16P. The molecule has 0 saturated heterocycles. The normalized spacial score (nSPS) is 11.1. The van der Waals surface area contributed by atoms with Crippen LogP contribution < -0.4 is 0 Å². The molecule has 0 fully saturated rings. The number of hydrogen-bond acceptors (Lipinski definition) is 13. The van der Waals surface area contributed by atoms with Crippen LogP contribution in [0, 0.1) is 0 Å². The zero-order valence-electron chi connectivity index (χ0n) is 37.8. The molecule has 17 heteroatoms. The Hall–Kier alpha value is -0.370. The number of rotatable bonds is 45. The third-order valence-corrected chi connectivity index (χ3v) is 7.87. The summed E-state index contributed by atoms with van der Waals surface area (Å²) in [6.07, 6.45) is 23.3. The van der Waals surface area contributed by atoms with E-state index in [1.165, 1.54) is 96.3 Å². The summed E-state index contributed by atoms with van der Waals surface area (Å²) in [7, 11) is -4.64. The van der Waals surface area contributed by atoms with Gasteiger partial charge in [-0.2, -0.15) is 0 Å². The summed E-state index contributed by atoms with van der Waals surface area (Å²) in [6.45, 7) is 17.8. The van der Waals surface area contributed by atoms with Crippen LogP contribution in [-0.4, -0.2) is 169 Å². The zero-order valence-corrected chi connectivity index (χ0v) is 38.7. The second-order valence-electron chi connectivity index (χ2n) is 13.5. The summed E-state index contributed by atoms with van der Waals surface area (Å²) in [4.78, 5) is 21.6. The van der Waals surface area contributed by atoms with Crippen LogP contribution in [0.4, 0.5) is 0 Å². The standard InChI is InChI=1S/3C14H30O4.H3O4P/c3*1-2-3-4-5-6-7-9-16-11-13-18-14-12-17-10-8-15;1-5(2,3)4/h3*15H,2-14H2,1H3;(H3,1,2,3,4). The monoisotopic (exact) mass is 885 g/mol. The SMILES string of the molecule is CCCCCCCCOCCOCCOCCO.CCCCCCCCOCCOCCOCCO.CCCCCCCCOCCOCCOCCO.O=P(O)(O)O. The Morgan fingerprint density at radius 3 is 0.610 bits per heavy atom. The Bertz CT molecular complexity index is 592. The van der Waals surface area contributed by atoms with Crippen molar-refractivity contribution in [3.05, 3.63) is 0 Å². The van der Waals surface area contributed by atoms with Crippen LogP contribution in [0.5, 0.6) is 0 Å². The average molecular weight is 885 g/mol. The van der Waals surface area contributed by atoms with E-state index in [2.05, 4.69) is 20.8 Å². The van der Waals surface area contributed by atoms with Crippen molar-refractivity contribution in [1.29, 1.82) is 0 Å². The van der Waals surface area contributed by atoms with E-state index >= 15 is 0 Å². The Kier molecular flexibility index (Phi) is 71.1. The minimum atomic E-state index is -4.64. The van der Waals surface area contributed by atoms with Crippen LogP contribution >= 0.6 is 7.82 Å². The first-order valence-corrected chi connectivity index (χ1v) is 24.1. The molecule has 6 N–H and O–H groups in total. The minimum absolute atomic E-state index is 0.0708. The molecule has 0 aliphatic rings. The van der Waals surface area contributed by atoms with Gasteiger partial charge in [-0.3, -0.25) is 0 Å². The van der Waals surface area contributed by atoms with Gasteiger partial charge in [0.1, 0.15) is 0 Å². The van der Waals surface area contributed by atoms with E-state index in [0.29, 0.717) is 99.1 Å². The molecule has 0 radical (unpaired) electrons. The van der Waals surface area contributed by atoms with Crippen molar-refractivity contribution >= 4 is 7.82 Å². The summed E-state index contributed by atoms with van der Waals surface area (Å²) in [5, 5.41) is 25.4. The van der Waals surface area contributed by atoms with E-state index in [1.54, 1.807) is 0 Å². The third kappa shape index (κ3) is 89.5. The predicted octanol–water partition coefficient (Wildman–Crippen LogP) is 6.24. The van der Waals surface area contributed by atoms with E-state index in [9.17, 15) is 0 Å². The third-order valence-electron chi connectivity index (χ3n) is 7.87. The number of unbranched alkanes of at least 4 members (excludes halogenated alkanes) is 15. The van der Waals surface area contributed by atoms with Gasteiger partial charge < -0.3 is 72.6 Å². The van der Waals surface area contributed by atoms with Crippen LogP contribution in [0.1, 0.15) is 136 Å². The van der Waals surface area contributed by atoms with Gasteiger partial charge in [-0.05, 0) is 19.3 Å². The summed E-state index contributed by atoms with van der Waals surface area (Å²) in [5.74, 6) is 0. The highest BCUT2D eigenvalue weighted by Crippen LogP contribution is 2.25. The van der Waals surface area contributed by atoms with Gasteiger partial charge in [-0.15, -0.1) is 0 Å². The second-order valence-corrected chi connectivity index (χ2v) is 14.5. The molecule has 0 aromatic rings. The van der Waals surface area contributed by atoms with Crippen molar-refractivity contribution in [2.45, 2.75) is 136 Å². The lowest BCUT2D eigenvalue weighted by molar-refractivity contribution is 0.00719. The molecule has 59 heavy (non-hydrogen) atoms. The fourth-order valence-electron chi connectivity index (χ4n) is 4.77. The first-order valence-electron chi connectivity index (χ1n) is 22.5. The van der Waals surface area contributed by atoms with Gasteiger partial charge in [0.2, 0.25) is 0 Å². The lowest BCUT2D eigenvalue weighted by atomic mass is 10.1. The van der Waals surface area contributed by atoms with Gasteiger partial charge in [0.15, 0.2) is 0 Å². The molecule has 0 spiro atoms. The Morgan fingerprint density at radius 2 is 0.424 bits per heavy atom. The van der Waals surface area contributed by atoms with Crippen LogP contribution in [-0.2, 0) is 47.2 Å². The maximum absolute atomic E-state index is 8.88. The second kappa shape index (κ2) is 64.3. The quantitative estimate of drug-likeness (QED) is 0.0294. The maximum Gasteiger partial charge on any atom is 0.466 e. The van der Waals surface area contributed by atoms with Gasteiger partial charge in [-0.25, -0.2) is 4.57 Å². The lowest BCUT2D eigenvalue weighted by Gasteiger charge is -2.06. The van der Waals surface area contributed by atoms with Crippen molar-refractivity contribution < 1.29 is 77.2 Å². The number of hydrogen-bond donors (Lipinski definition) is 6. The summed E-state index contributed by atoms with van der Waals surface area (Å²) in [6, 6.07) is 0. The lowest BCUT2D eigenvalue weighted by Crippen LogP contribution is -2.11. The highest BCUT2D eigenvalue weighted by atomic mass is 31.2.